The molecular weight excluding hydrogens is 390 g/mol. The van der Waals surface area contributed by atoms with Gasteiger partial charge in [-0.05, 0) is 42.5 Å². The largest absolute Gasteiger partial charge is 0.472 e. The number of nitrogens with one attached hydrogen (secondary N) is 1. The Labute approximate surface area is 180 Å². The summed E-state index contributed by atoms with van der Waals surface area (Å²) in [4.78, 5) is 32.1. The highest BCUT2D eigenvalue weighted by atomic mass is 16.5. The molecule has 5 rings (SSSR count). The number of hydrogen-bond acceptors (Lipinski definition) is 4. The Hall–Kier alpha value is -3.67. The predicted octanol–water partition coefficient (Wildman–Crippen LogP) is 3.74. The zero-order valence-corrected chi connectivity index (χ0v) is 17.0. The maximum atomic E-state index is 13.3. The normalized spacial score (nSPS) is 19.7. The highest BCUT2D eigenvalue weighted by Crippen LogP contribution is 2.37. The first kappa shape index (κ1) is 19.3. The van der Waals surface area contributed by atoms with Crippen molar-refractivity contribution in [2.24, 2.45) is 0 Å². The molecule has 1 aromatic heterocycles. The van der Waals surface area contributed by atoms with Crippen LogP contribution in [0, 0.1) is 0 Å². The minimum atomic E-state index is -0.805. The van der Waals surface area contributed by atoms with Crippen molar-refractivity contribution in [2.45, 2.75) is 31.4 Å². The zero-order valence-electron chi connectivity index (χ0n) is 17.0. The Morgan fingerprint density at radius 1 is 1.06 bits per heavy atom. The quantitative estimate of drug-likeness (QED) is 0.707. The van der Waals surface area contributed by atoms with E-state index in [4.69, 9.17) is 4.74 Å². The number of ether oxygens (including phenoxy) is 1. The Kier molecular flexibility index (Phi) is 5.12. The van der Waals surface area contributed by atoms with Crippen LogP contribution in [0.1, 0.15) is 41.7 Å². The summed E-state index contributed by atoms with van der Waals surface area (Å²) >= 11 is 0. The molecular formula is C25H23N3O3. The summed E-state index contributed by atoms with van der Waals surface area (Å²) in [5.41, 5.74) is 3.18. The van der Waals surface area contributed by atoms with Gasteiger partial charge in [0.1, 0.15) is 6.54 Å². The number of hydrogen-bond donors (Lipinski definition) is 1. The molecule has 0 fully saturated rings. The van der Waals surface area contributed by atoms with Crippen molar-refractivity contribution >= 4 is 17.6 Å². The van der Waals surface area contributed by atoms with Gasteiger partial charge in [-0.3, -0.25) is 14.5 Å². The van der Waals surface area contributed by atoms with Crippen LogP contribution in [0.3, 0.4) is 0 Å². The van der Waals surface area contributed by atoms with Crippen LogP contribution >= 0.6 is 0 Å². The number of aromatic nitrogens is 1. The van der Waals surface area contributed by atoms with Gasteiger partial charge in [-0.15, -0.1) is 0 Å². The van der Waals surface area contributed by atoms with Crippen molar-refractivity contribution in [1.29, 1.82) is 0 Å². The van der Waals surface area contributed by atoms with Crippen molar-refractivity contribution in [3.8, 4) is 5.75 Å². The lowest BCUT2D eigenvalue weighted by molar-refractivity contribution is -0.129. The van der Waals surface area contributed by atoms with Crippen molar-refractivity contribution in [1.82, 2.24) is 10.3 Å². The SMILES string of the molecule is O=C(CN1C(=O)C(c2ccccc2)Oc2cccnc21)NC1CCCc2ccccc21. The fraction of sp³-hybridized carbons (Fsp3) is 0.240. The summed E-state index contributed by atoms with van der Waals surface area (Å²) in [5.74, 6) is 0.364. The molecule has 2 aromatic carbocycles. The van der Waals surface area contributed by atoms with Crippen molar-refractivity contribution in [3.63, 3.8) is 0 Å². The van der Waals surface area contributed by atoms with E-state index in [0.29, 0.717) is 11.6 Å². The van der Waals surface area contributed by atoms with Crippen LogP contribution in [0.5, 0.6) is 5.75 Å². The highest BCUT2D eigenvalue weighted by Gasteiger charge is 2.37. The number of fused-ring (bicyclic) bond motifs is 2. The number of anilines is 1. The van der Waals surface area contributed by atoms with Crippen molar-refractivity contribution in [3.05, 3.63) is 89.6 Å². The van der Waals surface area contributed by atoms with Crippen LogP contribution in [0.2, 0.25) is 0 Å². The molecule has 6 nitrogen and oxygen atoms in total. The number of carbonyl (C=O) groups is 2. The summed E-state index contributed by atoms with van der Waals surface area (Å²) in [6, 6.07) is 21.0. The van der Waals surface area contributed by atoms with Gasteiger partial charge in [0, 0.05) is 11.8 Å². The van der Waals surface area contributed by atoms with E-state index >= 15 is 0 Å². The lowest BCUT2D eigenvalue weighted by Gasteiger charge is -2.33. The summed E-state index contributed by atoms with van der Waals surface area (Å²) in [5, 5.41) is 3.13. The molecule has 0 spiro atoms. The first-order chi connectivity index (χ1) is 15.2. The summed E-state index contributed by atoms with van der Waals surface area (Å²) in [6.45, 7) is -0.103. The average Bonchev–Trinajstić information content (AvgIpc) is 2.81. The molecule has 3 aromatic rings. The number of amides is 2. The monoisotopic (exact) mass is 413 g/mol. The Morgan fingerprint density at radius 2 is 1.87 bits per heavy atom. The maximum Gasteiger partial charge on any atom is 0.274 e. The van der Waals surface area contributed by atoms with E-state index in [-0.39, 0.29) is 24.4 Å². The molecule has 2 amide bonds. The standard InChI is InChI=1S/C25H23N3O3/c29-22(27-20-13-6-11-17-8-4-5-12-19(17)20)16-28-24-21(14-7-15-26-24)31-23(25(28)30)18-9-2-1-3-10-18/h1-5,7-10,12,14-15,20,23H,6,11,13,16H2,(H,27,29). The third-order valence-corrected chi connectivity index (χ3v) is 5.85. The average molecular weight is 413 g/mol. The molecule has 1 aliphatic carbocycles. The molecule has 2 aliphatic rings. The van der Waals surface area contributed by atoms with Crippen LogP contribution in [-0.4, -0.2) is 23.3 Å². The third-order valence-electron chi connectivity index (χ3n) is 5.85. The maximum absolute atomic E-state index is 13.3. The second kappa shape index (κ2) is 8.22. The summed E-state index contributed by atoms with van der Waals surface area (Å²) in [7, 11) is 0. The topological polar surface area (TPSA) is 71.5 Å². The molecule has 0 radical (unpaired) electrons. The molecule has 0 bridgehead atoms. The number of aryl methyl sites for hydroxylation is 1. The first-order valence-electron chi connectivity index (χ1n) is 10.6. The minimum Gasteiger partial charge on any atom is -0.472 e. The second-order valence-electron chi connectivity index (χ2n) is 7.87. The molecule has 156 valence electrons. The fourth-order valence-electron chi connectivity index (χ4n) is 4.38. The van der Waals surface area contributed by atoms with Crippen LogP contribution in [-0.2, 0) is 16.0 Å². The number of rotatable bonds is 4. The molecule has 2 unspecified atom stereocenters. The van der Waals surface area contributed by atoms with E-state index in [9.17, 15) is 9.59 Å². The van der Waals surface area contributed by atoms with Gasteiger partial charge in [-0.1, -0.05) is 54.6 Å². The van der Waals surface area contributed by atoms with E-state index in [1.165, 1.54) is 10.5 Å². The molecule has 31 heavy (non-hydrogen) atoms. The van der Waals surface area contributed by atoms with Gasteiger partial charge in [0.15, 0.2) is 11.6 Å². The minimum absolute atomic E-state index is 0.0401. The Morgan fingerprint density at radius 3 is 2.74 bits per heavy atom. The lowest BCUT2D eigenvalue weighted by Crippen LogP contribution is -2.47. The van der Waals surface area contributed by atoms with E-state index in [1.54, 1.807) is 18.3 Å². The van der Waals surface area contributed by atoms with E-state index in [2.05, 4.69) is 22.4 Å². The van der Waals surface area contributed by atoms with Crippen LogP contribution < -0.4 is 15.0 Å². The molecule has 0 saturated carbocycles. The fourth-order valence-corrected chi connectivity index (χ4v) is 4.38. The van der Waals surface area contributed by atoms with Crippen LogP contribution in [0.4, 0.5) is 5.82 Å². The molecule has 2 atom stereocenters. The van der Waals surface area contributed by atoms with Gasteiger partial charge in [-0.2, -0.15) is 0 Å². The van der Waals surface area contributed by atoms with Crippen molar-refractivity contribution < 1.29 is 14.3 Å². The van der Waals surface area contributed by atoms with Gasteiger partial charge < -0.3 is 10.1 Å². The van der Waals surface area contributed by atoms with Gasteiger partial charge in [-0.25, -0.2) is 4.98 Å². The number of pyridine rings is 1. The van der Waals surface area contributed by atoms with Crippen LogP contribution in [0.25, 0.3) is 0 Å². The van der Waals surface area contributed by atoms with E-state index in [1.807, 2.05) is 42.5 Å². The van der Waals surface area contributed by atoms with Crippen molar-refractivity contribution in [2.75, 3.05) is 11.4 Å². The predicted molar refractivity (Wildman–Crippen MR) is 117 cm³/mol. The number of carbonyl (C=O) groups excluding carboxylic acids is 2. The van der Waals surface area contributed by atoms with Gasteiger partial charge in [0.25, 0.3) is 5.91 Å². The van der Waals surface area contributed by atoms with Gasteiger partial charge in [0.05, 0.1) is 6.04 Å². The molecule has 0 saturated heterocycles. The lowest BCUT2D eigenvalue weighted by atomic mass is 9.88. The van der Waals surface area contributed by atoms with Gasteiger partial charge in [0.2, 0.25) is 12.0 Å². The summed E-state index contributed by atoms with van der Waals surface area (Å²) < 4.78 is 5.95. The molecule has 1 N–H and O–H groups in total. The highest BCUT2D eigenvalue weighted by molar-refractivity contribution is 6.03. The zero-order chi connectivity index (χ0) is 21.2. The van der Waals surface area contributed by atoms with E-state index < -0.39 is 6.10 Å². The molecule has 6 heteroatoms. The molecule has 1 aliphatic heterocycles. The number of benzene rings is 2. The molecule has 2 heterocycles. The number of nitrogens with zero attached hydrogens (tertiary/aromatic N) is 2. The Bertz CT molecular complexity index is 1120. The van der Waals surface area contributed by atoms with E-state index in [0.717, 1.165) is 30.4 Å². The Balaban J connectivity index is 1.39. The second-order valence-corrected chi connectivity index (χ2v) is 7.87. The first-order valence-corrected chi connectivity index (χ1v) is 10.6. The van der Waals surface area contributed by atoms with Crippen LogP contribution in [0.15, 0.2) is 72.9 Å². The smallest absolute Gasteiger partial charge is 0.274 e. The van der Waals surface area contributed by atoms with Gasteiger partial charge >= 0.3 is 0 Å². The summed E-state index contributed by atoms with van der Waals surface area (Å²) in [6.07, 6.45) is 3.74. The third kappa shape index (κ3) is 3.77.